The molecule has 0 unspecified atom stereocenters. The average Bonchev–Trinajstić information content (AvgIpc) is 2.34. The van der Waals surface area contributed by atoms with E-state index in [0.29, 0.717) is 11.1 Å². The lowest BCUT2D eigenvalue weighted by molar-refractivity contribution is -0.138. The molecule has 0 spiro atoms. The van der Waals surface area contributed by atoms with Gasteiger partial charge < -0.3 is 9.64 Å². The van der Waals surface area contributed by atoms with Crippen LogP contribution in [-0.4, -0.2) is 36.6 Å². The Labute approximate surface area is 127 Å². The van der Waals surface area contributed by atoms with Gasteiger partial charge in [-0.25, -0.2) is 14.2 Å². The maximum atomic E-state index is 13.4. The van der Waals surface area contributed by atoms with E-state index >= 15 is 0 Å². The maximum absolute atomic E-state index is 13.4. The quantitative estimate of drug-likeness (QED) is 0.475. The van der Waals surface area contributed by atoms with E-state index in [-0.39, 0.29) is 23.3 Å². The van der Waals surface area contributed by atoms with E-state index in [2.05, 4.69) is 4.98 Å². The van der Waals surface area contributed by atoms with Gasteiger partial charge in [0.05, 0.1) is 12.2 Å². The van der Waals surface area contributed by atoms with Gasteiger partial charge >= 0.3 is 5.97 Å². The van der Waals surface area contributed by atoms with E-state index in [1.807, 2.05) is 0 Å². The minimum atomic E-state index is -0.681. The first-order chi connectivity index (χ1) is 9.35. The van der Waals surface area contributed by atoms with E-state index in [0.717, 1.165) is 0 Å². The predicted octanol–water partition coefficient (Wildman–Crippen LogP) is 3.08. The fraction of sp³-hybridized carbons (Fsp3) is 0.385. The van der Waals surface area contributed by atoms with Gasteiger partial charge in [-0.2, -0.15) is 0 Å². The summed E-state index contributed by atoms with van der Waals surface area (Å²) in [4.78, 5) is 17.2. The van der Waals surface area contributed by atoms with Crippen molar-refractivity contribution >= 4 is 29.2 Å². The van der Waals surface area contributed by atoms with Crippen molar-refractivity contribution in [1.82, 2.24) is 9.88 Å². The number of halogens is 3. The normalized spacial score (nSPS) is 11.4. The van der Waals surface area contributed by atoms with E-state index in [1.54, 1.807) is 32.1 Å². The Morgan fingerprint density at radius 3 is 2.65 bits per heavy atom. The summed E-state index contributed by atoms with van der Waals surface area (Å²) in [6, 6.07) is 1.17. The summed E-state index contributed by atoms with van der Waals surface area (Å²) >= 11 is 11.4. The van der Waals surface area contributed by atoms with Gasteiger partial charge in [-0.1, -0.05) is 23.2 Å². The smallest absolute Gasteiger partial charge is 0.335 e. The van der Waals surface area contributed by atoms with Crippen LogP contribution in [0.2, 0.25) is 10.3 Å². The summed E-state index contributed by atoms with van der Waals surface area (Å²) in [5, 5.41) is -0.238. The molecular formula is C13H15Cl2FN2O2. The van der Waals surface area contributed by atoms with Gasteiger partial charge in [-0.05, 0) is 18.6 Å². The molecule has 20 heavy (non-hydrogen) atoms. The molecule has 1 rings (SSSR count). The summed E-state index contributed by atoms with van der Waals surface area (Å²) in [7, 11) is 3.53. The Kier molecular flexibility index (Phi) is 6.23. The number of hydrogen-bond acceptors (Lipinski definition) is 4. The molecule has 7 heteroatoms. The van der Waals surface area contributed by atoms with Crippen LogP contribution < -0.4 is 0 Å². The Hall–Kier alpha value is -1.33. The molecule has 0 atom stereocenters. The van der Waals surface area contributed by atoms with Crippen LogP contribution in [0.5, 0.6) is 0 Å². The van der Waals surface area contributed by atoms with Crippen molar-refractivity contribution in [3.8, 4) is 0 Å². The van der Waals surface area contributed by atoms with Gasteiger partial charge in [0.25, 0.3) is 0 Å². The number of ether oxygens (including phenoxy) is 1. The Balaban J connectivity index is 3.07. The van der Waals surface area contributed by atoms with Gasteiger partial charge in [0.2, 0.25) is 0 Å². The van der Waals surface area contributed by atoms with Crippen LogP contribution in [0.4, 0.5) is 4.39 Å². The summed E-state index contributed by atoms with van der Waals surface area (Å²) in [6.07, 6.45) is 1.71. The maximum Gasteiger partial charge on any atom is 0.335 e. The van der Waals surface area contributed by atoms with Gasteiger partial charge in [0.1, 0.15) is 5.15 Å². The largest absolute Gasteiger partial charge is 0.463 e. The number of esters is 1. The van der Waals surface area contributed by atoms with Crippen molar-refractivity contribution < 1.29 is 13.9 Å². The van der Waals surface area contributed by atoms with Gasteiger partial charge in [-0.15, -0.1) is 0 Å². The molecule has 4 nitrogen and oxygen atoms in total. The molecule has 0 fully saturated rings. The fourth-order valence-corrected chi connectivity index (χ4v) is 1.91. The average molecular weight is 321 g/mol. The fourth-order valence-electron chi connectivity index (χ4n) is 1.52. The second kappa shape index (κ2) is 7.45. The van der Waals surface area contributed by atoms with Crippen LogP contribution >= 0.6 is 23.2 Å². The minimum Gasteiger partial charge on any atom is -0.463 e. The monoisotopic (exact) mass is 320 g/mol. The van der Waals surface area contributed by atoms with Crippen LogP contribution in [0, 0.1) is 5.82 Å². The molecular weight excluding hydrogens is 306 g/mol. The van der Waals surface area contributed by atoms with Crippen molar-refractivity contribution in [2.24, 2.45) is 0 Å². The summed E-state index contributed by atoms with van der Waals surface area (Å²) < 4.78 is 18.4. The van der Waals surface area contributed by atoms with Crippen molar-refractivity contribution in [3.05, 3.63) is 39.5 Å². The molecule has 0 amide bonds. The number of carbonyl (C=O) groups excluding carboxylic acids is 1. The van der Waals surface area contributed by atoms with Crippen LogP contribution in [0.25, 0.3) is 0 Å². The SMILES string of the molecule is CCOC(=O)C(=CN(C)C)Cc1cc(F)c(Cl)nc1Cl. The number of hydrogen-bond donors (Lipinski definition) is 0. The second-order valence-corrected chi connectivity index (χ2v) is 4.94. The van der Waals surface area contributed by atoms with E-state index in [4.69, 9.17) is 27.9 Å². The number of carbonyl (C=O) groups is 1. The van der Waals surface area contributed by atoms with E-state index in [1.165, 1.54) is 6.07 Å². The summed E-state index contributed by atoms with van der Waals surface area (Å²) in [5.41, 5.74) is 0.719. The zero-order valence-electron chi connectivity index (χ0n) is 11.4. The zero-order valence-corrected chi connectivity index (χ0v) is 12.9. The summed E-state index contributed by atoms with van der Waals surface area (Å²) in [6.45, 7) is 1.96. The molecule has 1 aromatic heterocycles. The highest BCUT2D eigenvalue weighted by Gasteiger charge is 2.16. The van der Waals surface area contributed by atoms with Gasteiger partial charge in [-0.3, -0.25) is 0 Å². The van der Waals surface area contributed by atoms with Crippen LogP contribution in [0.3, 0.4) is 0 Å². The number of pyridine rings is 1. The number of nitrogens with zero attached hydrogens (tertiary/aromatic N) is 2. The van der Waals surface area contributed by atoms with Crippen molar-refractivity contribution in [2.45, 2.75) is 13.3 Å². The Bertz CT molecular complexity index is 533. The first-order valence-electron chi connectivity index (χ1n) is 5.89. The Morgan fingerprint density at radius 1 is 1.45 bits per heavy atom. The van der Waals surface area contributed by atoms with E-state index in [9.17, 15) is 9.18 Å². The molecule has 0 aliphatic heterocycles. The molecule has 0 bridgehead atoms. The van der Waals surface area contributed by atoms with Crippen molar-refractivity contribution in [1.29, 1.82) is 0 Å². The molecule has 0 aliphatic carbocycles. The molecule has 0 aromatic carbocycles. The number of aromatic nitrogens is 1. The molecule has 1 heterocycles. The predicted molar refractivity (Wildman–Crippen MR) is 76.3 cm³/mol. The third-order valence-electron chi connectivity index (χ3n) is 2.29. The second-order valence-electron chi connectivity index (χ2n) is 4.23. The minimum absolute atomic E-state index is 0.0605. The molecule has 0 saturated carbocycles. The molecule has 0 radical (unpaired) electrons. The van der Waals surface area contributed by atoms with Crippen LogP contribution in [-0.2, 0) is 16.0 Å². The standard InChI is InChI=1S/C13H15Cl2FN2O2/c1-4-20-13(19)9(7-18(2)3)5-8-6-10(16)12(15)17-11(8)14/h6-7H,4-5H2,1-3H3. The Morgan fingerprint density at radius 2 is 2.10 bits per heavy atom. The highest BCUT2D eigenvalue weighted by Crippen LogP contribution is 2.23. The lowest BCUT2D eigenvalue weighted by Crippen LogP contribution is -2.14. The van der Waals surface area contributed by atoms with Gasteiger partial charge in [0.15, 0.2) is 11.0 Å². The summed E-state index contributed by atoms with van der Waals surface area (Å²) in [5.74, 6) is -1.16. The van der Waals surface area contributed by atoms with Gasteiger partial charge in [0, 0.05) is 26.7 Å². The van der Waals surface area contributed by atoms with Crippen molar-refractivity contribution in [2.75, 3.05) is 20.7 Å². The van der Waals surface area contributed by atoms with Crippen molar-refractivity contribution in [3.63, 3.8) is 0 Å². The van der Waals surface area contributed by atoms with Crippen LogP contribution in [0.1, 0.15) is 12.5 Å². The third kappa shape index (κ3) is 4.65. The highest BCUT2D eigenvalue weighted by atomic mass is 35.5. The highest BCUT2D eigenvalue weighted by molar-refractivity contribution is 6.33. The lowest BCUT2D eigenvalue weighted by Gasteiger charge is -2.12. The molecule has 0 N–H and O–H groups in total. The molecule has 110 valence electrons. The lowest BCUT2D eigenvalue weighted by atomic mass is 10.1. The first kappa shape index (κ1) is 16.7. The third-order valence-corrected chi connectivity index (χ3v) is 2.88. The molecule has 0 saturated heterocycles. The molecule has 0 aliphatic rings. The van der Waals surface area contributed by atoms with E-state index < -0.39 is 11.8 Å². The van der Waals surface area contributed by atoms with Crippen LogP contribution in [0.15, 0.2) is 17.8 Å². The topological polar surface area (TPSA) is 42.4 Å². The first-order valence-corrected chi connectivity index (χ1v) is 6.65. The molecule has 1 aromatic rings. The zero-order chi connectivity index (χ0) is 15.3. The number of rotatable bonds is 5.